The number of hydrogen-bond acceptors (Lipinski definition) is 3. The molecule has 3 atom stereocenters. The van der Waals surface area contributed by atoms with Crippen LogP contribution in [-0.4, -0.2) is 9.48 Å². The van der Waals surface area contributed by atoms with E-state index in [1.165, 1.54) is 24.4 Å². The van der Waals surface area contributed by atoms with Crippen LogP contribution in [-0.2, 0) is 5.60 Å². The van der Waals surface area contributed by atoms with Crippen LogP contribution in [0.4, 0.5) is 0 Å². The summed E-state index contributed by atoms with van der Waals surface area (Å²) in [6, 6.07) is 2.05. The zero-order valence-corrected chi connectivity index (χ0v) is 8.47. The molecule has 2 saturated carbocycles. The Balaban J connectivity index is 1.99. The van der Waals surface area contributed by atoms with Crippen LogP contribution in [0.25, 0.3) is 0 Å². The maximum Gasteiger partial charge on any atom is 0.103 e. The Morgan fingerprint density at radius 1 is 1.69 bits per heavy atom. The van der Waals surface area contributed by atoms with E-state index in [1.807, 2.05) is 13.0 Å². The standard InChI is InChI=1S/C10H13NOS/c1-6-4-9(13-11-6)10(12)3-2-7-5-8(7)10/h4,7-8,12H,2-3,5H2,1H3. The highest BCUT2D eigenvalue weighted by molar-refractivity contribution is 7.06. The van der Waals surface area contributed by atoms with Crippen LogP contribution in [0.15, 0.2) is 6.07 Å². The molecule has 0 aliphatic heterocycles. The lowest BCUT2D eigenvalue weighted by Gasteiger charge is -2.22. The lowest BCUT2D eigenvalue weighted by atomic mass is 9.95. The molecule has 0 radical (unpaired) electrons. The second-order valence-corrected chi connectivity index (χ2v) is 5.20. The molecule has 1 aromatic heterocycles. The van der Waals surface area contributed by atoms with Gasteiger partial charge in [0.05, 0.1) is 10.6 Å². The fourth-order valence-electron chi connectivity index (χ4n) is 2.62. The van der Waals surface area contributed by atoms with Crippen LogP contribution in [0.1, 0.15) is 29.8 Å². The van der Waals surface area contributed by atoms with Gasteiger partial charge in [0.25, 0.3) is 0 Å². The Morgan fingerprint density at radius 2 is 2.54 bits per heavy atom. The van der Waals surface area contributed by atoms with Gasteiger partial charge in [-0.05, 0) is 55.6 Å². The summed E-state index contributed by atoms with van der Waals surface area (Å²) in [5.74, 6) is 1.36. The molecule has 0 saturated heterocycles. The van der Waals surface area contributed by atoms with Crippen molar-refractivity contribution in [2.24, 2.45) is 11.8 Å². The van der Waals surface area contributed by atoms with Crippen LogP contribution < -0.4 is 0 Å². The van der Waals surface area contributed by atoms with E-state index < -0.39 is 5.60 Å². The summed E-state index contributed by atoms with van der Waals surface area (Å²) in [6.45, 7) is 1.99. The van der Waals surface area contributed by atoms with Crippen molar-refractivity contribution in [2.75, 3.05) is 0 Å². The van der Waals surface area contributed by atoms with Crippen molar-refractivity contribution >= 4 is 11.5 Å². The summed E-state index contributed by atoms with van der Waals surface area (Å²) in [7, 11) is 0. The molecule has 2 fully saturated rings. The van der Waals surface area contributed by atoms with Crippen molar-refractivity contribution < 1.29 is 5.11 Å². The van der Waals surface area contributed by atoms with Crippen LogP contribution in [0.2, 0.25) is 0 Å². The van der Waals surface area contributed by atoms with Gasteiger partial charge in [0, 0.05) is 0 Å². The van der Waals surface area contributed by atoms with E-state index in [0.717, 1.165) is 22.9 Å². The largest absolute Gasteiger partial charge is 0.384 e. The van der Waals surface area contributed by atoms with Crippen molar-refractivity contribution in [1.29, 1.82) is 0 Å². The summed E-state index contributed by atoms with van der Waals surface area (Å²) in [4.78, 5) is 1.09. The minimum Gasteiger partial charge on any atom is -0.384 e. The highest BCUT2D eigenvalue weighted by Crippen LogP contribution is 2.62. The van der Waals surface area contributed by atoms with Crippen molar-refractivity contribution in [3.05, 3.63) is 16.6 Å². The van der Waals surface area contributed by atoms with Crippen LogP contribution in [0.3, 0.4) is 0 Å². The Hall–Kier alpha value is -0.410. The van der Waals surface area contributed by atoms with E-state index in [1.54, 1.807) is 0 Å². The molecule has 0 bridgehead atoms. The quantitative estimate of drug-likeness (QED) is 0.744. The molecule has 1 aromatic rings. The number of aromatic nitrogens is 1. The smallest absolute Gasteiger partial charge is 0.103 e. The molecular formula is C10H13NOS. The highest BCUT2D eigenvalue weighted by atomic mass is 32.1. The Labute approximate surface area is 81.8 Å². The number of aliphatic hydroxyl groups is 1. The first-order valence-electron chi connectivity index (χ1n) is 4.86. The predicted molar refractivity (Wildman–Crippen MR) is 51.6 cm³/mol. The highest BCUT2D eigenvalue weighted by Gasteiger charge is 2.58. The van der Waals surface area contributed by atoms with E-state index in [4.69, 9.17) is 0 Å². The molecule has 3 heteroatoms. The lowest BCUT2D eigenvalue weighted by molar-refractivity contribution is 0.0244. The molecule has 70 valence electrons. The lowest BCUT2D eigenvalue weighted by Crippen LogP contribution is -2.23. The number of hydrogen-bond donors (Lipinski definition) is 1. The Bertz CT molecular complexity index is 348. The van der Waals surface area contributed by atoms with E-state index >= 15 is 0 Å². The molecule has 0 spiro atoms. The predicted octanol–water partition coefficient (Wildman–Crippen LogP) is 2.07. The molecule has 2 aliphatic rings. The van der Waals surface area contributed by atoms with Crippen LogP contribution >= 0.6 is 11.5 Å². The van der Waals surface area contributed by atoms with Gasteiger partial charge in [0.1, 0.15) is 5.60 Å². The van der Waals surface area contributed by atoms with E-state index in [0.29, 0.717) is 5.92 Å². The molecule has 0 aromatic carbocycles. The summed E-state index contributed by atoms with van der Waals surface area (Å²) < 4.78 is 4.24. The van der Waals surface area contributed by atoms with Gasteiger partial charge in [-0.15, -0.1) is 0 Å². The van der Waals surface area contributed by atoms with Crippen molar-refractivity contribution in [3.8, 4) is 0 Å². The first-order valence-corrected chi connectivity index (χ1v) is 5.63. The third-order valence-electron chi connectivity index (χ3n) is 3.49. The molecule has 3 unspecified atom stereocenters. The fourth-order valence-corrected chi connectivity index (χ4v) is 3.55. The number of rotatable bonds is 1. The van der Waals surface area contributed by atoms with Crippen LogP contribution in [0, 0.1) is 18.8 Å². The first kappa shape index (κ1) is 7.94. The average Bonchev–Trinajstić information content (AvgIpc) is 2.66. The first-order chi connectivity index (χ1) is 6.20. The molecule has 2 aliphatic carbocycles. The van der Waals surface area contributed by atoms with Gasteiger partial charge in [-0.25, -0.2) is 0 Å². The minimum absolute atomic E-state index is 0.503. The molecule has 1 N–H and O–H groups in total. The van der Waals surface area contributed by atoms with Crippen molar-refractivity contribution in [2.45, 2.75) is 31.8 Å². The summed E-state index contributed by atoms with van der Waals surface area (Å²) >= 11 is 1.48. The van der Waals surface area contributed by atoms with Gasteiger partial charge in [-0.2, -0.15) is 4.37 Å². The second-order valence-electron chi connectivity index (χ2n) is 4.40. The molecule has 0 amide bonds. The molecule has 1 heterocycles. The van der Waals surface area contributed by atoms with Gasteiger partial charge >= 0.3 is 0 Å². The second kappa shape index (κ2) is 2.34. The monoisotopic (exact) mass is 195 g/mol. The van der Waals surface area contributed by atoms with E-state index in [9.17, 15) is 5.11 Å². The van der Waals surface area contributed by atoms with Crippen molar-refractivity contribution in [3.63, 3.8) is 0 Å². The SMILES string of the molecule is Cc1cc(C2(O)CCC3CC32)sn1. The topological polar surface area (TPSA) is 33.1 Å². The van der Waals surface area contributed by atoms with E-state index in [2.05, 4.69) is 4.37 Å². The molecule has 13 heavy (non-hydrogen) atoms. The maximum absolute atomic E-state index is 10.5. The maximum atomic E-state index is 10.5. The van der Waals surface area contributed by atoms with Crippen LogP contribution in [0.5, 0.6) is 0 Å². The van der Waals surface area contributed by atoms with Gasteiger partial charge in [-0.3, -0.25) is 0 Å². The summed E-state index contributed by atoms with van der Waals surface area (Å²) in [5.41, 5.74) is 0.536. The normalized spacial score (nSPS) is 42.0. The fraction of sp³-hybridized carbons (Fsp3) is 0.700. The zero-order valence-electron chi connectivity index (χ0n) is 7.66. The molecule has 2 nitrogen and oxygen atoms in total. The van der Waals surface area contributed by atoms with Crippen molar-refractivity contribution in [1.82, 2.24) is 4.37 Å². The zero-order chi connectivity index (χ0) is 9.05. The molecular weight excluding hydrogens is 182 g/mol. The Morgan fingerprint density at radius 3 is 3.00 bits per heavy atom. The van der Waals surface area contributed by atoms with Gasteiger partial charge in [0.15, 0.2) is 0 Å². The number of nitrogens with zero attached hydrogens (tertiary/aromatic N) is 1. The Kier molecular flexibility index (Phi) is 1.43. The van der Waals surface area contributed by atoms with E-state index in [-0.39, 0.29) is 0 Å². The summed E-state index contributed by atoms with van der Waals surface area (Å²) in [6.07, 6.45) is 3.38. The number of aryl methyl sites for hydroxylation is 1. The van der Waals surface area contributed by atoms with Gasteiger partial charge in [0.2, 0.25) is 0 Å². The van der Waals surface area contributed by atoms with Gasteiger partial charge in [-0.1, -0.05) is 0 Å². The third-order valence-corrected chi connectivity index (χ3v) is 4.53. The third kappa shape index (κ3) is 1.00. The average molecular weight is 195 g/mol. The van der Waals surface area contributed by atoms with Gasteiger partial charge < -0.3 is 5.11 Å². The minimum atomic E-state index is -0.503. The number of fused-ring (bicyclic) bond motifs is 1. The summed E-state index contributed by atoms with van der Waals surface area (Å²) in [5, 5.41) is 10.5. The molecule has 3 rings (SSSR count).